The molecule has 0 spiro atoms. The Labute approximate surface area is 95.1 Å². The fraction of sp³-hybridized carbons (Fsp3) is 0.308. The Morgan fingerprint density at radius 2 is 2.12 bits per heavy atom. The first-order valence-corrected chi connectivity index (χ1v) is 5.51. The van der Waals surface area contributed by atoms with E-state index < -0.39 is 0 Å². The molecule has 1 aliphatic heterocycles. The second-order valence-corrected chi connectivity index (χ2v) is 3.70. The molecule has 3 nitrogen and oxygen atoms in total. The molecular formula is C13H15NO2. The molecule has 0 amide bonds. The Kier molecular flexibility index (Phi) is 3.59. The van der Waals surface area contributed by atoms with Gasteiger partial charge >= 0.3 is 0 Å². The molecule has 16 heavy (non-hydrogen) atoms. The lowest BCUT2D eigenvalue weighted by atomic mass is 10.2. The van der Waals surface area contributed by atoms with E-state index in [9.17, 15) is 4.79 Å². The highest BCUT2D eigenvalue weighted by molar-refractivity contribution is 5.96. The van der Waals surface area contributed by atoms with Gasteiger partial charge < -0.3 is 10.1 Å². The summed E-state index contributed by atoms with van der Waals surface area (Å²) in [5, 5.41) is 3.07. The summed E-state index contributed by atoms with van der Waals surface area (Å²) in [5.41, 5.74) is 0.951. The molecule has 3 heteroatoms. The zero-order valence-electron chi connectivity index (χ0n) is 9.11. The van der Waals surface area contributed by atoms with Gasteiger partial charge in [-0.2, -0.15) is 0 Å². The van der Waals surface area contributed by atoms with Crippen molar-refractivity contribution < 1.29 is 9.53 Å². The Morgan fingerprint density at radius 3 is 2.81 bits per heavy atom. The van der Waals surface area contributed by atoms with Crippen molar-refractivity contribution in [1.82, 2.24) is 0 Å². The van der Waals surface area contributed by atoms with E-state index in [1.165, 1.54) is 0 Å². The summed E-state index contributed by atoms with van der Waals surface area (Å²) < 4.78 is 5.30. The Morgan fingerprint density at radius 1 is 1.31 bits per heavy atom. The van der Waals surface area contributed by atoms with Crippen molar-refractivity contribution >= 4 is 11.5 Å². The lowest BCUT2D eigenvalue weighted by Gasteiger charge is -2.14. The number of ether oxygens (including phenoxy) is 1. The molecule has 1 aromatic rings. The first kappa shape index (κ1) is 10.7. The number of nitrogens with one attached hydrogen (secondary N) is 1. The van der Waals surface area contributed by atoms with Crippen LogP contribution < -0.4 is 5.32 Å². The van der Waals surface area contributed by atoms with Gasteiger partial charge in [0.15, 0.2) is 5.76 Å². The Hall–Kier alpha value is -1.77. The van der Waals surface area contributed by atoms with Crippen LogP contribution in [0.25, 0.3) is 0 Å². The molecule has 0 bridgehead atoms. The van der Waals surface area contributed by atoms with Crippen LogP contribution in [-0.2, 0) is 9.53 Å². The van der Waals surface area contributed by atoms with Crippen LogP contribution in [0, 0.1) is 0 Å². The Bertz CT molecular complexity index is 384. The molecule has 0 radical (unpaired) electrons. The quantitative estimate of drug-likeness (QED) is 0.841. The predicted octanol–water partition coefficient (Wildman–Crippen LogP) is 2.36. The van der Waals surface area contributed by atoms with E-state index in [0.717, 1.165) is 18.5 Å². The summed E-state index contributed by atoms with van der Waals surface area (Å²) in [6, 6.07) is 9.68. The van der Waals surface area contributed by atoms with Gasteiger partial charge in [0.1, 0.15) is 0 Å². The highest BCUT2D eigenvalue weighted by Crippen LogP contribution is 2.11. The standard InChI is InChI=1S/C13H15NO2/c15-12(13-8-4-5-9-16-13)10-14-11-6-2-1-3-7-11/h1-3,6-8,14H,4-5,9-10H2. The first-order chi connectivity index (χ1) is 7.86. The van der Waals surface area contributed by atoms with Crippen molar-refractivity contribution in [2.75, 3.05) is 18.5 Å². The summed E-state index contributed by atoms with van der Waals surface area (Å²) in [4.78, 5) is 11.7. The second kappa shape index (κ2) is 5.35. The fourth-order valence-electron chi connectivity index (χ4n) is 1.58. The number of rotatable bonds is 4. The molecule has 0 saturated heterocycles. The number of benzene rings is 1. The maximum Gasteiger partial charge on any atom is 0.215 e. The van der Waals surface area contributed by atoms with E-state index in [4.69, 9.17) is 4.74 Å². The summed E-state index contributed by atoms with van der Waals surface area (Å²) >= 11 is 0. The third-order valence-corrected chi connectivity index (χ3v) is 2.44. The summed E-state index contributed by atoms with van der Waals surface area (Å²) in [6.45, 7) is 0.943. The molecule has 0 unspecified atom stereocenters. The van der Waals surface area contributed by atoms with Crippen LogP contribution in [0.5, 0.6) is 0 Å². The van der Waals surface area contributed by atoms with Gasteiger partial charge in [-0.25, -0.2) is 0 Å². The molecule has 0 aliphatic carbocycles. The van der Waals surface area contributed by atoms with Gasteiger partial charge in [-0.1, -0.05) is 18.2 Å². The first-order valence-electron chi connectivity index (χ1n) is 5.51. The van der Waals surface area contributed by atoms with Crippen LogP contribution in [0.1, 0.15) is 12.8 Å². The molecule has 0 aromatic heterocycles. The van der Waals surface area contributed by atoms with Crippen molar-refractivity contribution in [2.24, 2.45) is 0 Å². The summed E-state index contributed by atoms with van der Waals surface area (Å²) in [7, 11) is 0. The van der Waals surface area contributed by atoms with Gasteiger partial charge in [0, 0.05) is 5.69 Å². The minimum Gasteiger partial charge on any atom is -0.490 e. The van der Waals surface area contributed by atoms with Crippen LogP contribution in [0.3, 0.4) is 0 Å². The van der Waals surface area contributed by atoms with E-state index >= 15 is 0 Å². The largest absolute Gasteiger partial charge is 0.490 e. The number of hydrogen-bond acceptors (Lipinski definition) is 3. The number of carbonyl (C=O) groups is 1. The van der Waals surface area contributed by atoms with Crippen molar-refractivity contribution in [1.29, 1.82) is 0 Å². The zero-order chi connectivity index (χ0) is 11.2. The lowest BCUT2D eigenvalue weighted by Crippen LogP contribution is -2.19. The average molecular weight is 217 g/mol. The normalized spacial score (nSPS) is 14.9. The van der Waals surface area contributed by atoms with E-state index in [-0.39, 0.29) is 12.3 Å². The molecule has 0 atom stereocenters. The van der Waals surface area contributed by atoms with Gasteiger partial charge in [-0.15, -0.1) is 0 Å². The van der Waals surface area contributed by atoms with Crippen molar-refractivity contribution in [2.45, 2.75) is 12.8 Å². The van der Waals surface area contributed by atoms with Gasteiger partial charge in [-0.3, -0.25) is 4.79 Å². The number of hydrogen-bond donors (Lipinski definition) is 1. The maximum atomic E-state index is 11.7. The maximum absolute atomic E-state index is 11.7. The van der Waals surface area contributed by atoms with Crippen LogP contribution >= 0.6 is 0 Å². The minimum atomic E-state index is 0.0172. The number of carbonyl (C=O) groups excluding carboxylic acids is 1. The van der Waals surface area contributed by atoms with Crippen LogP contribution in [-0.4, -0.2) is 18.9 Å². The highest BCUT2D eigenvalue weighted by Gasteiger charge is 2.13. The molecule has 2 rings (SSSR count). The average Bonchev–Trinajstić information content (AvgIpc) is 2.38. The smallest absolute Gasteiger partial charge is 0.215 e. The monoisotopic (exact) mass is 217 g/mol. The second-order valence-electron chi connectivity index (χ2n) is 3.70. The van der Waals surface area contributed by atoms with E-state index in [1.54, 1.807) is 0 Å². The Balaban J connectivity index is 1.86. The number of para-hydroxylation sites is 1. The minimum absolute atomic E-state index is 0.0172. The van der Waals surface area contributed by atoms with E-state index in [2.05, 4.69) is 5.32 Å². The third kappa shape index (κ3) is 2.86. The van der Waals surface area contributed by atoms with Gasteiger partial charge in [-0.05, 0) is 31.1 Å². The van der Waals surface area contributed by atoms with Crippen molar-refractivity contribution in [3.8, 4) is 0 Å². The van der Waals surface area contributed by atoms with E-state index in [1.807, 2.05) is 36.4 Å². The SMILES string of the molecule is O=C(CNc1ccccc1)C1=CCCCO1. The molecule has 0 fully saturated rings. The van der Waals surface area contributed by atoms with Crippen molar-refractivity contribution in [3.63, 3.8) is 0 Å². The molecule has 0 saturated carbocycles. The lowest BCUT2D eigenvalue weighted by molar-refractivity contribution is -0.117. The number of anilines is 1. The number of Topliss-reactive ketones (excluding diaryl/α,β-unsaturated/α-hetero) is 1. The summed E-state index contributed by atoms with van der Waals surface area (Å²) in [6.07, 6.45) is 3.81. The van der Waals surface area contributed by atoms with Crippen LogP contribution in [0.4, 0.5) is 5.69 Å². The predicted molar refractivity (Wildman–Crippen MR) is 63.2 cm³/mol. The van der Waals surface area contributed by atoms with Crippen LogP contribution in [0.2, 0.25) is 0 Å². The van der Waals surface area contributed by atoms with Gasteiger partial charge in [0.2, 0.25) is 5.78 Å². The van der Waals surface area contributed by atoms with Gasteiger partial charge in [0.25, 0.3) is 0 Å². The van der Waals surface area contributed by atoms with E-state index in [0.29, 0.717) is 12.4 Å². The molecule has 1 aliphatic rings. The highest BCUT2D eigenvalue weighted by atomic mass is 16.5. The molecule has 1 N–H and O–H groups in total. The molecule has 1 aromatic carbocycles. The molecule has 1 heterocycles. The number of ketones is 1. The fourth-order valence-corrected chi connectivity index (χ4v) is 1.58. The van der Waals surface area contributed by atoms with Gasteiger partial charge in [0.05, 0.1) is 13.2 Å². The third-order valence-electron chi connectivity index (χ3n) is 2.44. The van der Waals surface area contributed by atoms with Crippen molar-refractivity contribution in [3.05, 3.63) is 42.2 Å². The zero-order valence-corrected chi connectivity index (χ0v) is 9.11. The molecular weight excluding hydrogens is 202 g/mol. The topological polar surface area (TPSA) is 38.3 Å². The van der Waals surface area contributed by atoms with Crippen LogP contribution in [0.15, 0.2) is 42.2 Å². The summed E-state index contributed by atoms with van der Waals surface area (Å²) in [5.74, 6) is 0.526. The number of allylic oxidation sites excluding steroid dienone is 1. The molecule has 84 valence electrons.